The fourth-order valence-corrected chi connectivity index (χ4v) is 4.09. The zero-order valence-electron chi connectivity index (χ0n) is 13.0. The molecule has 2 aliphatic heterocycles. The van der Waals surface area contributed by atoms with Gasteiger partial charge in [0.1, 0.15) is 11.3 Å². The van der Waals surface area contributed by atoms with E-state index < -0.39 is 29.4 Å². The Balaban J connectivity index is 1.66. The van der Waals surface area contributed by atoms with Crippen LogP contribution in [0.5, 0.6) is 5.75 Å². The Morgan fingerprint density at radius 3 is 2.79 bits per heavy atom. The van der Waals surface area contributed by atoms with Gasteiger partial charge in [0.2, 0.25) is 0 Å². The summed E-state index contributed by atoms with van der Waals surface area (Å²) in [5.41, 5.74) is -0.139. The number of carboxylic acids is 1. The van der Waals surface area contributed by atoms with Gasteiger partial charge in [-0.25, -0.2) is 4.79 Å². The maximum atomic E-state index is 12.5. The van der Waals surface area contributed by atoms with E-state index in [0.717, 1.165) is 17.7 Å². The fraction of sp³-hybridized carbons (Fsp3) is 0.471. The molecule has 1 aromatic carbocycles. The van der Waals surface area contributed by atoms with E-state index in [-0.39, 0.29) is 11.8 Å². The molecule has 7 heteroatoms. The monoisotopic (exact) mass is 330 g/mol. The number of carbonyl (C=O) groups excluding carboxylic acids is 2. The molecule has 4 atom stereocenters. The molecule has 1 aliphatic carbocycles. The van der Waals surface area contributed by atoms with Gasteiger partial charge in [0.15, 0.2) is 0 Å². The topological polar surface area (TPSA) is 105 Å². The molecule has 3 aliphatic rings. The zero-order valence-corrected chi connectivity index (χ0v) is 13.0. The number of benzene rings is 1. The molecule has 0 spiro atoms. The molecule has 126 valence electrons. The normalized spacial score (nSPS) is 33.9. The Morgan fingerprint density at radius 1 is 1.33 bits per heavy atom. The van der Waals surface area contributed by atoms with Crippen LogP contribution in [0.3, 0.4) is 0 Å². The van der Waals surface area contributed by atoms with Crippen molar-refractivity contribution in [3.8, 4) is 5.75 Å². The number of ether oxygens (including phenoxy) is 1. The number of fused-ring (bicyclic) bond motifs is 1. The number of urea groups is 1. The summed E-state index contributed by atoms with van der Waals surface area (Å²) < 4.78 is 5.65. The Kier molecular flexibility index (Phi) is 3.26. The number of nitrogens with one attached hydrogen (secondary N) is 2. The molecule has 1 saturated carbocycles. The predicted octanol–water partition coefficient (Wildman–Crippen LogP) is 1.24. The molecule has 3 amide bonds. The second-order valence-corrected chi connectivity index (χ2v) is 6.74. The van der Waals surface area contributed by atoms with Gasteiger partial charge in [-0.1, -0.05) is 18.2 Å². The number of aliphatic carboxylic acids is 1. The summed E-state index contributed by atoms with van der Waals surface area (Å²) in [7, 11) is 0. The number of hydrogen-bond donors (Lipinski definition) is 3. The number of para-hydroxylation sites is 1. The largest absolute Gasteiger partial charge is 0.493 e. The minimum Gasteiger partial charge on any atom is -0.493 e. The summed E-state index contributed by atoms with van der Waals surface area (Å²) in [5, 5.41) is 14.3. The number of imide groups is 1. The lowest BCUT2D eigenvalue weighted by molar-refractivity contribution is -0.139. The van der Waals surface area contributed by atoms with E-state index in [0.29, 0.717) is 19.4 Å². The van der Waals surface area contributed by atoms with Crippen molar-refractivity contribution in [1.82, 2.24) is 10.6 Å². The van der Waals surface area contributed by atoms with Gasteiger partial charge >= 0.3 is 12.0 Å². The van der Waals surface area contributed by atoms with Gasteiger partial charge in [-0.15, -0.1) is 0 Å². The van der Waals surface area contributed by atoms with E-state index in [2.05, 4.69) is 10.6 Å². The lowest BCUT2D eigenvalue weighted by atomic mass is 9.77. The molecule has 7 nitrogen and oxygen atoms in total. The van der Waals surface area contributed by atoms with Gasteiger partial charge in [-0.2, -0.15) is 0 Å². The number of amides is 3. The number of carboxylic acid groups (broad SMARTS) is 1. The van der Waals surface area contributed by atoms with E-state index in [4.69, 9.17) is 4.74 Å². The van der Waals surface area contributed by atoms with Gasteiger partial charge in [-0.05, 0) is 36.8 Å². The van der Waals surface area contributed by atoms with Gasteiger partial charge < -0.3 is 15.2 Å². The van der Waals surface area contributed by atoms with Crippen molar-refractivity contribution in [2.75, 3.05) is 6.61 Å². The van der Waals surface area contributed by atoms with E-state index >= 15 is 0 Å². The second-order valence-electron chi connectivity index (χ2n) is 6.74. The van der Waals surface area contributed by atoms with Crippen molar-refractivity contribution in [1.29, 1.82) is 0 Å². The molecular formula is C17H18N2O5. The van der Waals surface area contributed by atoms with E-state index in [1.807, 2.05) is 24.3 Å². The summed E-state index contributed by atoms with van der Waals surface area (Å²) in [6.45, 7) is 0.542. The molecule has 4 rings (SSSR count). The third-order valence-electron chi connectivity index (χ3n) is 5.36. The molecule has 2 fully saturated rings. The molecule has 2 heterocycles. The first kappa shape index (κ1) is 15.0. The second kappa shape index (κ2) is 5.22. The van der Waals surface area contributed by atoms with E-state index in [1.165, 1.54) is 0 Å². The molecule has 0 radical (unpaired) electrons. The summed E-state index contributed by atoms with van der Waals surface area (Å²) in [6, 6.07) is 7.11. The molecule has 3 N–H and O–H groups in total. The molecular weight excluding hydrogens is 312 g/mol. The molecule has 24 heavy (non-hydrogen) atoms. The van der Waals surface area contributed by atoms with Crippen molar-refractivity contribution in [3.05, 3.63) is 29.8 Å². The molecule has 0 bridgehead atoms. The average Bonchev–Trinajstić information content (AvgIpc) is 3.30. The van der Waals surface area contributed by atoms with Crippen molar-refractivity contribution in [2.45, 2.75) is 30.7 Å². The Hall–Kier alpha value is -2.57. The van der Waals surface area contributed by atoms with Gasteiger partial charge in [0, 0.05) is 5.92 Å². The lowest BCUT2D eigenvalue weighted by Gasteiger charge is -2.34. The summed E-state index contributed by atoms with van der Waals surface area (Å²) in [5.74, 6) is -1.44. The van der Waals surface area contributed by atoms with Gasteiger partial charge in [-0.3, -0.25) is 14.9 Å². The third kappa shape index (κ3) is 2.23. The van der Waals surface area contributed by atoms with Crippen LogP contribution in [0.15, 0.2) is 24.3 Å². The predicted molar refractivity (Wildman–Crippen MR) is 82.6 cm³/mol. The van der Waals surface area contributed by atoms with Crippen LogP contribution < -0.4 is 15.4 Å². The number of hydrogen-bond acceptors (Lipinski definition) is 4. The van der Waals surface area contributed by atoms with Crippen LogP contribution in [0.25, 0.3) is 0 Å². The Morgan fingerprint density at radius 2 is 2.12 bits per heavy atom. The van der Waals surface area contributed by atoms with Crippen molar-refractivity contribution >= 4 is 17.9 Å². The van der Waals surface area contributed by atoms with E-state index in [9.17, 15) is 19.5 Å². The summed E-state index contributed by atoms with van der Waals surface area (Å²) in [6.07, 6.45) is 1.53. The van der Waals surface area contributed by atoms with Gasteiger partial charge in [0.25, 0.3) is 5.91 Å². The van der Waals surface area contributed by atoms with Crippen LogP contribution in [-0.2, 0) is 9.59 Å². The highest BCUT2D eigenvalue weighted by Crippen LogP contribution is 2.52. The van der Waals surface area contributed by atoms with Crippen LogP contribution in [0.2, 0.25) is 0 Å². The van der Waals surface area contributed by atoms with Crippen molar-refractivity contribution in [2.24, 2.45) is 11.8 Å². The minimum absolute atomic E-state index is 0.0362. The van der Waals surface area contributed by atoms with Gasteiger partial charge in [0.05, 0.1) is 12.5 Å². The first-order chi connectivity index (χ1) is 11.5. The maximum absolute atomic E-state index is 12.5. The lowest BCUT2D eigenvalue weighted by Crippen LogP contribution is -2.51. The van der Waals surface area contributed by atoms with Crippen LogP contribution in [0.4, 0.5) is 4.79 Å². The minimum atomic E-state index is -1.14. The smallest absolute Gasteiger partial charge is 0.322 e. The maximum Gasteiger partial charge on any atom is 0.322 e. The van der Waals surface area contributed by atoms with Crippen LogP contribution in [0.1, 0.15) is 30.7 Å². The molecule has 1 aromatic rings. The molecule has 2 unspecified atom stereocenters. The first-order valence-electron chi connectivity index (χ1n) is 8.09. The van der Waals surface area contributed by atoms with Crippen molar-refractivity contribution < 1.29 is 24.2 Å². The Bertz CT molecular complexity index is 733. The summed E-state index contributed by atoms with van der Waals surface area (Å²) >= 11 is 0. The van der Waals surface area contributed by atoms with Crippen LogP contribution in [0, 0.1) is 11.8 Å². The van der Waals surface area contributed by atoms with Crippen LogP contribution in [-0.4, -0.2) is 35.2 Å². The zero-order chi connectivity index (χ0) is 16.9. The van der Waals surface area contributed by atoms with E-state index in [1.54, 1.807) is 0 Å². The quantitative estimate of drug-likeness (QED) is 0.721. The van der Waals surface area contributed by atoms with Crippen LogP contribution >= 0.6 is 0 Å². The standard InChI is InChI=1S/C17H18N2O5/c20-14(21)11-7-12(11)17(15(22)18-16(23)19-17)8-9-5-6-24-13-4-2-1-3-10(9)13/h1-4,9,11-12H,5-8H2,(H,20,21)(H2,18,19,22,23)/t9?,11-,12-,17?/m0/s1. The third-order valence-corrected chi connectivity index (χ3v) is 5.36. The number of carbonyl (C=O) groups is 3. The highest BCUT2D eigenvalue weighted by Gasteiger charge is 2.63. The van der Waals surface area contributed by atoms with Crippen molar-refractivity contribution in [3.63, 3.8) is 0 Å². The number of rotatable bonds is 4. The Labute approximate surface area is 138 Å². The highest BCUT2D eigenvalue weighted by atomic mass is 16.5. The fourth-order valence-electron chi connectivity index (χ4n) is 4.09. The molecule has 1 saturated heterocycles. The highest BCUT2D eigenvalue weighted by molar-refractivity contribution is 6.08. The molecule has 0 aromatic heterocycles. The summed E-state index contributed by atoms with van der Waals surface area (Å²) in [4.78, 5) is 35.6. The first-order valence-corrected chi connectivity index (χ1v) is 8.09. The SMILES string of the molecule is O=C1NC(=O)C(CC2CCOc3ccccc32)([C@H]2C[C@@H]2C(=O)O)N1. The average molecular weight is 330 g/mol.